The van der Waals surface area contributed by atoms with E-state index in [1.807, 2.05) is 48.7 Å². The Morgan fingerprint density at radius 3 is 3.00 bits per heavy atom. The van der Waals surface area contributed by atoms with Gasteiger partial charge in [-0.3, -0.25) is 0 Å². The number of ether oxygens (including phenoxy) is 2. The van der Waals surface area contributed by atoms with E-state index < -0.39 is 5.97 Å². The molecule has 2 heterocycles. The number of benzene rings is 1. The van der Waals surface area contributed by atoms with Gasteiger partial charge in [0.1, 0.15) is 5.75 Å². The van der Waals surface area contributed by atoms with Crippen molar-refractivity contribution in [2.24, 2.45) is 4.99 Å². The largest absolute Gasteiger partial charge is 0.494 e. The van der Waals surface area contributed by atoms with Crippen molar-refractivity contribution in [1.29, 1.82) is 0 Å². The van der Waals surface area contributed by atoms with E-state index in [0.29, 0.717) is 18.2 Å². The van der Waals surface area contributed by atoms with Crippen LogP contribution in [-0.2, 0) is 9.53 Å². The molecule has 0 aliphatic carbocycles. The molecule has 0 N–H and O–H groups in total. The second-order valence-corrected chi connectivity index (χ2v) is 5.27. The number of cyclic esters (lactones) is 1. The lowest BCUT2D eigenvalue weighted by Gasteiger charge is -2.03. The Labute approximate surface area is 126 Å². The fourth-order valence-corrected chi connectivity index (χ4v) is 2.58. The number of nitrogens with zero attached hydrogens (tertiary/aromatic N) is 1. The van der Waals surface area contributed by atoms with Crippen LogP contribution in [0.15, 0.2) is 52.5 Å². The van der Waals surface area contributed by atoms with Crippen LogP contribution in [0.2, 0.25) is 0 Å². The van der Waals surface area contributed by atoms with Gasteiger partial charge in [-0.15, -0.1) is 11.3 Å². The molecule has 21 heavy (non-hydrogen) atoms. The predicted molar refractivity (Wildman–Crippen MR) is 82.5 cm³/mol. The fraction of sp³-hybridized carbons (Fsp3) is 0.125. The van der Waals surface area contributed by atoms with Crippen molar-refractivity contribution in [1.82, 2.24) is 0 Å². The summed E-state index contributed by atoms with van der Waals surface area (Å²) in [5.74, 6) is 0.697. The van der Waals surface area contributed by atoms with Gasteiger partial charge in [0.25, 0.3) is 0 Å². The van der Waals surface area contributed by atoms with Gasteiger partial charge in [0.2, 0.25) is 5.90 Å². The first kappa shape index (κ1) is 13.6. The number of rotatable bonds is 4. The van der Waals surface area contributed by atoms with Crippen molar-refractivity contribution in [2.45, 2.75) is 6.92 Å². The van der Waals surface area contributed by atoms with Crippen molar-refractivity contribution >= 4 is 29.3 Å². The maximum Gasteiger partial charge on any atom is 0.363 e. The number of esters is 1. The first-order chi connectivity index (χ1) is 10.3. The summed E-state index contributed by atoms with van der Waals surface area (Å²) >= 11 is 1.48. The summed E-state index contributed by atoms with van der Waals surface area (Å²) in [5, 5.41) is 1.92. The third-order valence-electron chi connectivity index (χ3n) is 2.82. The average Bonchev–Trinajstić information content (AvgIpc) is 3.10. The molecule has 3 rings (SSSR count). The van der Waals surface area contributed by atoms with Crippen LogP contribution < -0.4 is 4.74 Å². The van der Waals surface area contributed by atoms with Gasteiger partial charge >= 0.3 is 5.97 Å². The topological polar surface area (TPSA) is 47.9 Å². The Balaban J connectivity index is 1.89. The van der Waals surface area contributed by atoms with Crippen molar-refractivity contribution in [2.75, 3.05) is 6.61 Å². The lowest BCUT2D eigenvalue weighted by molar-refractivity contribution is -0.129. The van der Waals surface area contributed by atoms with Gasteiger partial charge in [0, 0.05) is 0 Å². The summed E-state index contributed by atoms with van der Waals surface area (Å²) in [6.07, 6.45) is 1.70. The van der Waals surface area contributed by atoms with Crippen LogP contribution in [-0.4, -0.2) is 18.5 Å². The zero-order valence-corrected chi connectivity index (χ0v) is 12.2. The van der Waals surface area contributed by atoms with Crippen LogP contribution in [0.25, 0.3) is 6.08 Å². The second-order valence-electron chi connectivity index (χ2n) is 4.32. The first-order valence-corrected chi connectivity index (χ1v) is 7.43. The summed E-state index contributed by atoms with van der Waals surface area (Å²) in [6.45, 7) is 2.53. The molecule has 0 bridgehead atoms. The highest BCUT2D eigenvalue weighted by Gasteiger charge is 2.24. The van der Waals surface area contributed by atoms with Crippen molar-refractivity contribution in [3.05, 3.63) is 57.9 Å². The highest BCUT2D eigenvalue weighted by molar-refractivity contribution is 7.12. The van der Waals surface area contributed by atoms with Crippen LogP contribution in [0.5, 0.6) is 5.75 Å². The predicted octanol–water partition coefficient (Wildman–Crippen LogP) is 3.49. The molecule has 1 aliphatic heterocycles. The molecule has 0 radical (unpaired) electrons. The van der Waals surface area contributed by atoms with Crippen LogP contribution in [0, 0.1) is 0 Å². The maximum absolute atomic E-state index is 11.9. The molecule has 106 valence electrons. The minimum absolute atomic E-state index is 0.298. The maximum atomic E-state index is 11.9. The third-order valence-corrected chi connectivity index (χ3v) is 3.68. The molecule has 0 spiro atoms. The van der Waals surface area contributed by atoms with Crippen molar-refractivity contribution < 1.29 is 14.3 Å². The zero-order chi connectivity index (χ0) is 14.7. The molecule has 1 aromatic carbocycles. The van der Waals surface area contributed by atoms with E-state index in [0.717, 1.165) is 16.2 Å². The molecule has 4 nitrogen and oxygen atoms in total. The minimum Gasteiger partial charge on any atom is -0.494 e. The summed E-state index contributed by atoms with van der Waals surface area (Å²) in [5.41, 5.74) is 1.15. The summed E-state index contributed by atoms with van der Waals surface area (Å²) in [4.78, 5) is 17.0. The quantitative estimate of drug-likeness (QED) is 0.641. The van der Waals surface area contributed by atoms with Crippen LogP contribution in [0.4, 0.5) is 0 Å². The monoisotopic (exact) mass is 299 g/mol. The molecule has 0 atom stereocenters. The van der Waals surface area contributed by atoms with Gasteiger partial charge in [-0.2, -0.15) is 0 Å². The average molecular weight is 299 g/mol. The fourth-order valence-electron chi connectivity index (χ4n) is 1.93. The van der Waals surface area contributed by atoms with Gasteiger partial charge in [0.05, 0.1) is 11.5 Å². The number of thiophene rings is 1. The summed E-state index contributed by atoms with van der Waals surface area (Å²) in [7, 11) is 0. The molecule has 0 saturated heterocycles. The van der Waals surface area contributed by atoms with Gasteiger partial charge in [0.15, 0.2) is 5.70 Å². The standard InChI is InChI=1S/C16H13NO3S/c1-2-19-12-6-3-5-11(9-12)10-13-16(18)20-15(17-13)14-7-4-8-21-14/h3-10H,2H2,1H3. The Morgan fingerprint density at radius 1 is 1.33 bits per heavy atom. The highest BCUT2D eigenvalue weighted by Crippen LogP contribution is 2.22. The molecule has 1 aliphatic rings. The van der Waals surface area contributed by atoms with E-state index in [2.05, 4.69) is 4.99 Å². The number of aliphatic imine (C=N–C) groups is 1. The highest BCUT2D eigenvalue weighted by atomic mass is 32.1. The lowest BCUT2D eigenvalue weighted by Crippen LogP contribution is -2.03. The molecule has 5 heteroatoms. The number of carbonyl (C=O) groups excluding carboxylic acids is 1. The number of carbonyl (C=O) groups is 1. The van der Waals surface area contributed by atoms with E-state index in [-0.39, 0.29) is 0 Å². The Bertz CT molecular complexity index is 717. The van der Waals surface area contributed by atoms with Crippen LogP contribution in [0.1, 0.15) is 17.4 Å². The van der Waals surface area contributed by atoms with Crippen molar-refractivity contribution in [3.63, 3.8) is 0 Å². The summed E-state index contributed by atoms with van der Waals surface area (Å²) < 4.78 is 10.6. The second kappa shape index (κ2) is 5.93. The van der Waals surface area contributed by atoms with E-state index in [1.54, 1.807) is 6.08 Å². The first-order valence-electron chi connectivity index (χ1n) is 6.55. The van der Waals surface area contributed by atoms with Gasteiger partial charge in [-0.25, -0.2) is 9.79 Å². The van der Waals surface area contributed by atoms with Gasteiger partial charge < -0.3 is 9.47 Å². The smallest absolute Gasteiger partial charge is 0.363 e. The van der Waals surface area contributed by atoms with E-state index in [1.165, 1.54) is 11.3 Å². The lowest BCUT2D eigenvalue weighted by atomic mass is 10.2. The number of hydrogen-bond donors (Lipinski definition) is 0. The molecule has 0 amide bonds. The molecule has 0 fully saturated rings. The Kier molecular flexibility index (Phi) is 3.83. The minimum atomic E-state index is -0.430. The van der Waals surface area contributed by atoms with Gasteiger partial charge in [-0.1, -0.05) is 18.2 Å². The number of hydrogen-bond acceptors (Lipinski definition) is 5. The third kappa shape index (κ3) is 3.03. The van der Waals surface area contributed by atoms with E-state index in [9.17, 15) is 4.79 Å². The normalized spacial score (nSPS) is 16.0. The molecule has 0 unspecified atom stereocenters. The van der Waals surface area contributed by atoms with Crippen LogP contribution in [0.3, 0.4) is 0 Å². The van der Waals surface area contributed by atoms with Crippen LogP contribution >= 0.6 is 11.3 Å². The van der Waals surface area contributed by atoms with Gasteiger partial charge in [-0.05, 0) is 42.1 Å². The Morgan fingerprint density at radius 2 is 2.24 bits per heavy atom. The van der Waals surface area contributed by atoms with E-state index >= 15 is 0 Å². The zero-order valence-electron chi connectivity index (χ0n) is 11.4. The molecular weight excluding hydrogens is 286 g/mol. The Hall–Kier alpha value is -2.40. The summed E-state index contributed by atoms with van der Waals surface area (Å²) in [6, 6.07) is 11.3. The van der Waals surface area contributed by atoms with E-state index in [4.69, 9.17) is 9.47 Å². The van der Waals surface area contributed by atoms with Crippen molar-refractivity contribution in [3.8, 4) is 5.75 Å². The SMILES string of the molecule is CCOc1cccc(C=C2N=C(c3cccs3)OC2=O)c1. The molecule has 0 saturated carbocycles. The molecule has 2 aromatic rings. The molecular formula is C16H13NO3S. The molecule has 1 aromatic heterocycles.